The molecule has 2 heterocycles. The first-order valence-electron chi connectivity index (χ1n) is 5.41. The molecule has 0 bridgehead atoms. The molecular weight excluding hydrogens is 390 g/mol. The minimum atomic E-state index is -3.65. The van der Waals surface area contributed by atoms with E-state index in [1.54, 1.807) is 18.0 Å². The first-order chi connectivity index (χ1) is 9.42. The van der Waals surface area contributed by atoms with Crippen molar-refractivity contribution in [1.82, 2.24) is 9.78 Å². The second-order valence-corrected chi connectivity index (χ2v) is 8.46. The molecule has 0 unspecified atom stereocenters. The van der Waals surface area contributed by atoms with Gasteiger partial charge in [0.15, 0.2) is 0 Å². The zero-order chi connectivity index (χ0) is 14.8. The van der Waals surface area contributed by atoms with Crippen molar-refractivity contribution in [3.63, 3.8) is 0 Å². The van der Waals surface area contributed by atoms with Crippen LogP contribution in [0.25, 0.3) is 0 Å². The number of aromatic nitrogens is 2. The summed E-state index contributed by atoms with van der Waals surface area (Å²) in [5.74, 6) is 0. The van der Waals surface area contributed by atoms with Gasteiger partial charge in [-0.2, -0.15) is 5.10 Å². The van der Waals surface area contributed by atoms with Crippen LogP contribution in [0.2, 0.25) is 5.02 Å². The normalized spacial score (nSPS) is 11.8. The molecule has 0 radical (unpaired) electrons. The molecule has 0 spiro atoms. The quantitative estimate of drug-likeness (QED) is 0.809. The molecule has 0 fully saturated rings. The standard InChI is InChI=1S/C10H11BrClN3O3S2/c1-18-3-2-15-6-7(5-13-15)14-20(16,17)9-4-8(12)10(11)19-9/h4-6,14H,2-3H2,1H3. The molecule has 0 saturated heterocycles. The van der Waals surface area contributed by atoms with Crippen LogP contribution in [0.15, 0.2) is 26.5 Å². The molecule has 10 heteroatoms. The molecule has 0 atom stereocenters. The van der Waals surface area contributed by atoms with Gasteiger partial charge in [-0.3, -0.25) is 9.40 Å². The highest BCUT2D eigenvalue weighted by Crippen LogP contribution is 2.35. The van der Waals surface area contributed by atoms with E-state index in [-0.39, 0.29) is 4.21 Å². The van der Waals surface area contributed by atoms with Gasteiger partial charge in [0.05, 0.1) is 33.8 Å². The minimum Gasteiger partial charge on any atom is -0.383 e. The summed E-state index contributed by atoms with van der Waals surface area (Å²) in [6.45, 7) is 1.05. The monoisotopic (exact) mass is 399 g/mol. The summed E-state index contributed by atoms with van der Waals surface area (Å²) in [5.41, 5.74) is 0.391. The Labute approximate surface area is 133 Å². The molecule has 0 saturated carbocycles. The summed E-state index contributed by atoms with van der Waals surface area (Å²) in [6, 6.07) is 1.40. The van der Waals surface area contributed by atoms with Crippen LogP contribution in [0.5, 0.6) is 0 Å². The Morgan fingerprint density at radius 3 is 2.95 bits per heavy atom. The van der Waals surface area contributed by atoms with E-state index in [0.29, 0.717) is 27.6 Å². The summed E-state index contributed by atoms with van der Waals surface area (Å²) < 4.78 is 34.0. The van der Waals surface area contributed by atoms with E-state index in [9.17, 15) is 8.42 Å². The molecule has 0 aliphatic heterocycles. The molecule has 110 valence electrons. The number of methoxy groups -OCH3 is 1. The van der Waals surface area contributed by atoms with Crippen LogP contribution in [0.1, 0.15) is 0 Å². The number of hydrogen-bond acceptors (Lipinski definition) is 5. The third-order valence-corrected chi connectivity index (χ3v) is 6.63. The number of sulfonamides is 1. The van der Waals surface area contributed by atoms with Crippen molar-refractivity contribution in [3.05, 3.63) is 27.3 Å². The maximum Gasteiger partial charge on any atom is 0.271 e. The number of ether oxygens (including phenoxy) is 1. The highest BCUT2D eigenvalue weighted by atomic mass is 79.9. The summed E-state index contributed by atoms with van der Waals surface area (Å²) in [6.07, 6.45) is 3.04. The largest absolute Gasteiger partial charge is 0.383 e. The number of hydrogen-bond donors (Lipinski definition) is 1. The van der Waals surface area contributed by atoms with E-state index < -0.39 is 10.0 Å². The van der Waals surface area contributed by atoms with Gasteiger partial charge < -0.3 is 4.74 Å². The van der Waals surface area contributed by atoms with Gasteiger partial charge in [0, 0.05) is 13.3 Å². The van der Waals surface area contributed by atoms with Gasteiger partial charge in [-0.1, -0.05) is 11.6 Å². The third-order valence-electron chi connectivity index (χ3n) is 2.30. The highest BCUT2D eigenvalue weighted by molar-refractivity contribution is 9.11. The van der Waals surface area contributed by atoms with Crippen molar-refractivity contribution in [1.29, 1.82) is 0 Å². The van der Waals surface area contributed by atoms with Crippen LogP contribution in [-0.4, -0.2) is 31.9 Å². The second-order valence-electron chi connectivity index (χ2n) is 3.78. The van der Waals surface area contributed by atoms with Gasteiger partial charge in [0.1, 0.15) is 4.21 Å². The average Bonchev–Trinajstić information content (AvgIpc) is 2.95. The molecule has 2 aromatic rings. The van der Waals surface area contributed by atoms with Crippen LogP contribution < -0.4 is 4.72 Å². The van der Waals surface area contributed by atoms with Crippen molar-refractivity contribution >= 4 is 54.6 Å². The minimum absolute atomic E-state index is 0.138. The van der Waals surface area contributed by atoms with Gasteiger partial charge in [-0.25, -0.2) is 8.42 Å². The maximum atomic E-state index is 12.1. The zero-order valence-electron chi connectivity index (χ0n) is 10.3. The average molecular weight is 401 g/mol. The molecule has 6 nitrogen and oxygen atoms in total. The lowest BCUT2D eigenvalue weighted by Gasteiger charge is -2.02. The molecule has 0 aliphatic rings. The highest BCUT2D eigenvalue weighted by Gasteiger charge is 2.19. The summed E-state index contributed by atoms with van der Waals surface area (Å²) in [7, 11) is -2.06. The smallest absolute Gasteiger partial charge is 0.271 e. The van der Waals surface area contributed by atoms with Crippen molar-refractivity contribution in [2.45, 2.75) is 10.8 Å². The summed E-state index contributed by atoms with van der Waals surface area (Å²) in [4.78, 5) is 0. The second kappa shape index (κ2) is 6.44. The van der Waals surface area contributed by atoms with E-state index in [4.69, 9.17) is 16.3 Å². The zero-order valence-corrected chi connectivity index (χ0v) is 14.3. The number of nitrogens with zero attached hydrogens (tertiary/aromatic N) is 2. The van der Waals surface area contributed by atoms with Gasteiger partial charge in [-0.15, -0.1) is 11.3 Å². The molecule has 1 N–H and O–H groups in total. The number of rotatable bonds is 6. The van der Waals surface area contributed by atoms with Crippen LogP contribution in [0.4, 0.5) is 5.69 Å². The van der Waals surface area contributed by atoms with Crippen LogP contribution >= 0.6 is 38.9 Å². The molecular formula is C10H11BrClN3O3S2. The first kappa shape index (κ1) is 15.8. The molecule has 2 rings (SSSR count). The fourth-order valence-electron chi connectivity index (χ4n) is 1.39. The lowest BCUT2D eigenvalue weighted by atomic mass is 10.6. The Kier molecular flexibility index (Phi) is 5.08. The SMILES string of the molecule is COCCn1cc(NS(=O)(=O)c2cc(Cl)c(Br)s2)cn1. The Balaban J connectivity index is 2.14. The van der Waals surface area contributed by atoms with Gasteiger partial charge in [-0.05, 0) is 22.0 Å². The summed E-state index contributed by atoms with van der Waals surface area (Å²) in [5, 5.41) is 4.40. The van der Waals surface area contributed by atoms with E-state index >= 15 is 0 Å². The summed E-state index contributed by atoms with van der Waals surface area (Å²) >= 11 is 10.1. The van der Waals surface area contributed by atoms with Crippen molar-refractivity contribution in [2.75, 3.05) is 18.4 Å². The predicted molar refractivity (Wildman–Crippen MR) is 81.9 cm³/mol. The van der Waals surface area contributed by atoms with Crippen molar-refractivity contribution in [2.24, 2.45) is 0 Å². The van der Waals surface area contributed by atoms with E-state index in [0.717, 1.165) is 11.3 Å². The first-order valence-corrected chi connectivity index (χ1v) is 8.88. The van der Waals surface area contributed by atoms with Crippen molar-refractivity contribution in [3.8, 4) is 0 Å². The van der Waals surface area contributed by atoms with Gasteiger partial charge in [0.2, 0.25) is 0 Å². The molecule has 20 heavy (non-hydrogen) atoms. The molecule has 0 aliphatic carbocycles. The van der Waals surface area contributed by atoms with Crippen molar-refractivity contribution < 1.29 is 13.2 Å². The Morgan fingerprint density at radius 1 is 1.60 bits per heavy atom. The molecule has 0 aromatic carbocycles. The number of halogens is 2. The molecule has 2 aromatic heterocycles. The van der Waals surface area contributed by atoms with E-state index in [1.165, 1.54) is 12.3 Å². The Hall–Kier alpha value is -0.610. The Morgan fingerprint density at radius 2 is 2.35 bits per heavy atom. The maximum absolute atomic E-state index is 12.1. The topological polar surface area (TPSA) is 73.2 Å². The number of anilines is 1. The Bertz CT molecular complexity index is 679. The third kappa shape index (κ3) is 3.73. The van der Waals surface area contributed by atoms with Crippen LogP contribution in [-0.2, 0) is 21.3 Å². The van der Waals surface area contributed by atoms with E-state index in [1.807, 2.05) is 0 Å². The van der Waals surface area contributed by atoms with Gasteiger partial charge in [0.25, 0.3) is 10.0 Å². The van der Waals surface area contributed by atoms with Crippen LogP contribution in [0.3, 0.4) is 0 Å². The number of thiophene rings is 1. The predicted octanol–water partition coefficient (Wildman–Crippen LogP) is 2.81. The number of nitrogens with one attached hydrogen (secondary N) is 1. The lowest BCUT2D eigenvalue weighted by Crippen LogP contribution is -2.11. The van der Waals surface area contributed by atoms with Gasteiger partial charge >= 0.3 is 0 Å². The lowest BCUT2D eigenvalue weighted by molar-refractivity contribution is 0.183. The van der Waals surface area contributed by atoms with E-state index in [2.05, 4.69) is 25.8 Å². The van der Waals surface area contributed by atoms with Crippen LogP contribution in [0, 0.1) is 0 Å². The fourth-order valence-corrected chi connectivity index (χ4v) is 4.81. The fraction of sp³-hybridized carbons (Fsp3) is 0.300. The molecule has 0 amide bonds.